The largest absolute Gasteiger partial charge is 1.00 e. The molecule has 0 heterocycles. The van der Waals surface area contributed by atoms with Crippen molar-refractivity contribution < 1.29 is 72.4 Å². The summed E-state index contributed by atoms with van der Waals surface area (Å²) >= 11 is 0. The summed E-state index contributed by atoms with van der Waals surface area (Å²) < 4.78 is 15.0. The Hall–Kier alpha value is 1.49. The Labute approximate surface area is 149 Å². The summed E-state index contributed by atoms with van der Waals surface area (Å²) in [6.45, 7) is 9.00. The second-order valence-electron chi connectivity index (χ2n) is 1.92. The van der Waals surface area contributed by atoms with Crippen molar-refractivity contribution in [2.24, 2.45) is 0 Å². The Kier molecular flexibility index (Phi) is 65.9. The van der Waals surface area contributed by atoms with Crippen molar-refractivity contribution in [3.8, 4) is 0 Å². The molecule has 2 saturated carbocycles. The van der Waals surface area contributed by atoms with Gasteiger partial charge in [-0.1, -0.05) is 0 Å². The molecule has 0 bridgehead atoms. The molecule has 88 valence electrons. The van der Waals surface area contributed by atoms with Crippen LogP contribution in [-0.4, -0.2) is 0 Å². The van der Waals surface area contributed by atoms with E-state index in [4.69, 9.17) is 9.30 Å². The standard InChI is InChI=1S/2C5H5.2CO.2Co.Na/c2*1-2-4-5-3-1;2*1-2;;;/h2*1-5H;;;;;/q;;;;;;+1. The minimum absolute atomic E-state index is 0. The SMILES string of the molecule is [C-]#[O+].[C-]#[O+].[CH]1[CH][CH][CH][CH]1.[CH]1[CH][CH][CH][CH]1.[Co].[Co].[Na+]. The van der Waals surface area contributed by atoms with Gasteiger partial charge >= 0.3 is 52.2 Å². The topological polar surface area (TPSA) is 39.8 Å². The quantitative estimate of drug-likeness (QED) is 0.310. The first kappa shape index (κ1) is 31.1. The van der Waals surface area contributed by atoms with Crippen LogP contribution in [0.1, 0.15) is 0 Å². The van der Waals surface area contributed by atoms with Crippen molar-refractivity contribution in [3.63, 3.8) is 0 Å². The van der Waals surface area contributed by atoms with Crippen LogP contribution in [0.15, 0.2) is 0 Å². The van der Waals surface area contributed by atoms with Crippen molar-refractivity contribution >= 4 is 0 Å². The van der Waals surface area contributed by atoms with Crippen LogP contribution in [0.3, 0.4) is 0 Å². The number of hydrogen-bond acceptors (Lipinski definition) is 0. The Bertz CT molecular complexity index is 102. The van der Waals surface area contributed by atoms with Gasteiger partial charge in [0.25, 0.3) is 0 Å². The molecule has 17 heavy (non-hydrogen) atoms. The average molecular weight is 327 g/mol. The van der Waals surface area contributed by atoms with Crippen LogP contribution >= 0.6 is 0 Å². The molecule has 0 aromatic rings. The maximum atomic E-state index is 7.50. The van der Waals surface area contributed by atoms with E-state index in [1.807, 2.05) is 64.2 Å². The molecule has 2 rings (SSSR count). The minimum atomic E-state index is 0. The number of hydrogen-bond donors (Lipinski definition) is 0. The second kappa shape index (κ2) is 36.0. The maximum Gasteiger partial charge on any atom is 1.00 e. The van der Waals surface area contributed by atoms with E-state index in [2.05, 4.69) is 13.3 Å². The van der Waals surface area contributed by atoms with Gasteiger partial charge in [0.2, 0.25) is 0 Å². The van der Waals surface area contributed by atoms with Crippen LogP contribution in [0, 0.1) is 77.5 Å². The van der Waals surface area contributed by atoms with Crippen LogP contribution in [-0.2, 0) is 42.9 Å². The van der Waals surface area contributed by atoms with Crippen LogP contribution < -0.4 is 29.6 Å². The molecule has 0 N–H and O–H groups in total. The molecule has 0 saturated heterocycles. The Morgan fingerprint density at radius 3 is 0.529 bits per heavy atom. The zero-order chi connectivity index (χ0) is 11.1. The third kappa shape index (κ3) is 31.8. The minimum Gasteiger partial charge on any atom is -0.0312 e. The Balaban J connectivity index is -0.0000000387. The third-order valence-electron chi connectivity index (χ3n) is 1.11. The molecule has 0 aromatic carbocycles. The van der Waals surface area contributed by atoms with Gasteiger partial charge in [-0.25, -0.2) is 0 Å². The molecule has 0 spiro atoms. The molecule has 0 atom stereocenters. The fraction of sp³-hybridized carbons (Fsp3) is 0. The first-order valence-corrected chi connectivity index (χ1v) is 3.74. The van der Waals surface area contributed by atoms with E-state index in [1.54, 1.807) is 0 Å². The predicted octanol–water partition coefficient (Wildman–Crippen LogP) is -1.03. The van der Waals surface area contributed by atoms with E-state index >= 15 is 0 Å². The van der Waals surface area contributed by atoms with E-state index in [-0.39, 0.29) is 63.1 Å². The molecule has 12 radical (unpaired) electrons. The summed E-state index contributed by atoms with van der Waals surface area (Å²) in [7, 11) is 0. The van der Waals surface area contributed by atoms with E-state index in [1.165, 1.54) is 0 Å². The first-order valence-electron chi connectivity index (χ1n) is 3.74. The molecular formula is C12H10Co2NaO2+. The summed E-state index contributed by atoms with van der Waals surface area (Å²) in [6, 6.07) is 0. The van der Waals surface area contributed by atoms with Gasteiger partial charge in [0, 0.05) is 33.6 Å². The summed E-state index contributed by atoms with van der Waals surface area (Å²) in [4.78, 5) is 0. The Morgan fingerprint density at radius 1 is 0.412 bits per heavy atom. The van der Waals surface area contributed by atoms with Crippen molar-refractivity contribution in [1.29, 1.82) is 0 Å². The van der Waals surface area contributed by atoms with Gasteiger partial charge in [-0.3, -0.25) is 0 Å². The molecule has 2 fully saturated rings. The van der Waals surface area contributed by atoms with Crippen molar-refractivity contribution in [2.75, 3.05) is 0 Å². The van der Waals surface area contributed by atoms with Gasteiger partial charge in [-0.15, -0.1) is 0 Å². The van der Waals surface area contributed by atoms with E-state index in [9.17, 15) is 0 Å². The normalized spacial score (nSPS) is 14.4. The predicted molar refractivity (Wildman–Crippen MR) is 50.9 cm³/mol. The molecule has 5 heteroatoms. The maximum absolute atomic E-state index is 7.50. The smallest absolute Gasteiger partial charge is 0.0312 e. The van der Waals surface area contributed by atoms with Crippen molar-refractivity contribution in [3.05, 3.63) is 77.5 Å². The van der Waals surface area contributed by atoms with Crippen LogP contribution in [0.5, 0.6) is 0 Å². The summed E-state index contributed by atoms with van der Waals surface area (Å²) in [5, 5.41) is 0. The van der Waals surface area contributed by atoms with Crippen molar-refractivity contribution in [1.82, 2.24) is 0 Å². The van der Waals surface area contributed by atoms with Gasteiger partial charge in [0.15, 0.2) is 0 Å². The van der Waals surface area contributed by atoms with Gasteiger partial charge in [0.1, 0.15) is 0 Å². The summed E-state index contributed by atoms with van der Waals surface area (Å²) in [5.74, 6) is 0. The molecule has 0 aromatic heterocycles. The molecule has 0 amide bonds. The van der Waals surface area contributed by atoms with Gasteiger partial charge in [0.05, 0.1) is 0 Å². The zero-order valence-corrected chi connectivity index (χ0v) is 13.3. The van der Waals surface area contributed by atoms with Crippen molar-refractivity contribution in [2.45, 2.75) is 0 Å². The summed E-state index contributed by atoms with van der Waals surface area (Å²) in [5.41, 5.74) is 0. The fourth-order valence-electron chi connectivity index (χ4n) is 0.642. The third-order valence-corrected chi connectivity index (χ3v) is 1.11. The van der Waals surface area contributed by atoms with Crippen LogP contribution in [0.4, 0.5) is 0 Å². The molecule has 2 aliphatic rings. The molecule has 2 nitrogen and oxygen atoms in total. The van der Waals surface area contributed by atoms with Gasteiger partial charge in [-0.05, 0) is 64.2 Å². The zero-order valence-electron chi connectivity index (χ0n) is 9.26. The number of rotatable bonds is 0. The summed E-state index contributed by atoms with van der Waals surface area (Å²) in [6.07, 6.45) is 20.0. The van der Waals surface area contributed by atoms with Crippen LogP contribution in [0.2, 0.25) is 0 Å². The average Bonchev–Trinajstić information content (AvgIpc) is 3.01. The van der Waals surface area contributed by atoms with E-state index in [0.717, 1.165) is 0 Å². The molecule has 0 aliphatic heterocycles. The molecular weight excluding hydrogens is 317 g/mol. The van der Waals surface area contributed by atoms with Crippen LogP contribution in [0.25, 0.3) is 0 Å². The fourth-order valence-corrected chi connectivity index (χ4v) is 0.642. The Morgan fingerprint density at radius 2 is 0.471 bits per heavy atom. The van der Waals surface area contributed by atoms with Gasteiger partial charge in [-0.2, -0.15) is 0 Å². The van der Waals surface area contributed by atoms with E-state index < -0.39 is 0 Å². The van der Waals surface area contributed by atoms with Gasteiger partial charge < -0.3 is 0 Å². The first-order chi connectivity index (χ1) is 7.00. The molecule has 2 aliphatic carbocycles. The molecule has 0 unspecified atom stereocenters. The second-order valence-corrected chi connectivity index (χ2v) is 1.92. The monoisotopic (exact) mass is 327 g/mol. The van der Waals surface area contributed by atoms with E-state index in [0.29, 0.717) is 0 Å².